The molecule has 0 saturated carbocycles. The summed E-state index contributed by atoms with van der Waals surface area (Å²) < 4.78 is 18.0. The summed E-state index contributed by atoms with van der Waals surface area (Å²) >= 11 is 0. The SMILES string of the molecule is CCC(c1ccccc1)S(=O)Cc1nc(C)c(C)o1. The number of hydrogen-bond donors (Lipinski definition) is 0. The van der Waals surface area contributed by atoms with Crippen LogP contribution in [-0.2, 0) is 16.6 Å². The van der Waals surface area contributed by atoms with E-state index in [1.165, 1.54) is 0 Å². The summed E-state index contributed by atoms with van der Waals surface area (Å²) in [4.78, 5) is 4.30. The lowest BCUT2D eigenvalue weighted by Gasteiger charge is -2.13. The van der Waals surface area contributed by atoms with Crippen molar-refractivity contribution < 1.29 is 8.63 Å². The van der Waals surface area contributed by atoms with Gasteiger partial charge in [0.1, 0.15) is 11.5 Å². The highest BCUT2D eigenvalue weighted by Crippen LogP contribution is 2.25. The summed E-state index contributed by atoms with van der Waals surface area (Å²) in [6, 6.07) is 9.99. The molecule has 2 rings (SSSR count). The van der Waals surface area contributed by atoms with Crippen LogP contribution in [0.5, 0.6) is 0 Å². The molecule has 102 valence electrons. The van der Waals surface area contributed by atoms with Gasteiger partial charge in [0, 0.05) is 10.8 Å². The second-order valence-corrected chi connectivity index (χ2v) is 6.20. The van der Waals surface area contributed by atoms with Gasteiger partial charge >= 0.3 is 0 Å². The highest BCUT2D eigenvalue weighted by atomic mass is 32.2. The van der Waals surface area contributed by atoms with E-state index in [9.17, 15) is 4.21 Å². The van der Waals surface area contributed by atoms with Crippen molar-refractivity contribution in [3.05, 3.63) is 53.2 Å². The number of oxazole rings is 1. The molecule has 0 N–H and O–H groups in total. The van der Waals surface area contributed by atoms with Crippen molar-refractivity contribution in [3.8, 4) is 0 Å². The second-order valence-electron chi connectivity index (χ2n) is 4.58. The molecule has 0 radical (unpaired) electrons. The van der Waals surface area contributed by atoms with E-state index < -0.39 is 10.8 Å². The molecular weight excluding hydrogens is 258 g/mol. The van der Waals surface area contributed by atoms with Gasteiger partial charge in [0.15, 0.2) is 0 Å². The Morgan fingerprint density at radius 2 is 1.95 bits per heavy atom. The Balaban J connectivity index is 2.14. The van der Waals surface area contributed by atoms with E-state index in [1.54, 1.807) is 0 Å². The molecule has 0 amide bonds. The average Bonchev–Trinajstić information content (AvgIpc) is 2.70. The van der Waals surface area contributed by atoms with Crippen LogP contribution in [0.2, 0.25) is 0 Å². The topological polar surface area (TPSA) is 43.1 Å². The Labute approximate surface area is 116 Å². The molecule has 1 heterocycles. The molecular formula is C15H19NO2S. The van der Waals surface area contributed by atoms with E-state index in [0.29, 0.717) is 11.6 Å². The number of hydrogen-bond acceptors (Lipinski definition) is 3. The summed E-state index contributed by atoms with van der Waals surface area (Å²) in [6.45, 7) is 5.84. The van der Waals surface area contributed by atoms with Gasteiger partial charge in [0.25, 0.3) is 0 Å². The van der Waals surface area contributed by atoms with Gasteiger partial charge in [-0.2, -0.15) is 0 Å². The molecule has 0 fully saturated rings. The maximum absolute atomic E-state index is 12.5. The summed E-state index contributed by atoms with van der Waals surface area (Å²) in [5.74, 6) is 1.75. The molecule has 0 aliphatic rings. The molecule has 0 saturated heterocycles. The first-order valence-corrected chi connectivity index (χ1v) is 7.85. The summed E-state index contributed by atoms with van der Waals surface area (Å²) in [5, 5.41) is 0.0358. The third-order valence-electron chi connectivity index (χ3n) is 3.20. The highest BCUT2D eigenvalue weighted by Gasteiger charge is 2.19. The molecule has 3 nitrogen and oxygen atoms in total. The summed E-state index contributed by atoms with van der Waals surface area (Å²) in [6.07, 6.45) is 0.843. The first kappa shape index (κ1) is 14.0. The predicted molar refractivity (Wildman–Crippen MR) is 77.3 cm³/mol. The van der Waals surface area contributed by atoms with Crippen LogP contribution >= 0.6 is 0 Å². The lowest BCUT2D eigenvalue weighted by atomic mass is 10.1. The fourth-order valence-electron chi connectivity index (χ4n) is 2.06. The summed E-state index contributed by atoms with van der Waals surface area (Å²) in [5.41, 5.74) is 1.99. The third-order valence-corrected chi connectivity index (χ3v) is 4.97. The molecule has 1 aromatic carbocycles. The Kier molecular flexibility index (Phi) is 4.53. The van der Waals surface area contributed by atoms with Crippen molar-refractivity contribution in [2.24, 2.45) is 0 Å². The van der Waals surface area contributed by atoms with Gasteiger partial charge in [-0.25, -0.2) is 4.98 Å². The Morgan fingerprint density at radius 1 is 1.26 bits per heavy atom. The Bertz CT molecular complexity index is 543. The van der Waals surface area contributed by atoms with Gasteiger partial charge < -0.3 is 4.42 Å². The van der Waals surface area contributed by atoms with E-state index in [2.05, 4.69) is 11.9 Å². The Morgan fingerprint density at radius 3 is 2.47 bits per heavy atom. The van der Waals surface area contributed by atoms with Crippen LogP contribution in [0.4, 0.5) is 0 Å². The smallest absolute Gasteiger partial charge is 0.207 e. The molecule has 4 heteroatoms. The molecule has 2 unspecified atom stereocenters. The van der Waals surface area contributed by atoms with Crippen molar-refractivity contribution in [1.82, 2.24) is 4.98 Å². The second kappa shape index (κ2) is 6.15. The largest absolute Gasteiger partial charge is 0.445 e. The number of rotatable bonds is 5. The van der Waals surface area contributed by atoms with Crippen LogP contribution in [0, 0.1) is 13.8 Å². The first-order chi connectivity index (χ1) is 9.11. The lowest BCUT2D eigenvalue weighted by molar-refractivity contribution is 0.487. The monoisotopic (exact) mass is 277 g/mol. The predicted octanol–water partition coefficient (Wildman–Crippen LogP) is 3.69. The zero-order valence-corrected chi connectivity index (χ0v) is 12.4. The van der Waals surface area contributed by atoms with Gasteiger partial charge in [-0.05, 0) is 25.8 Å². The minimum absolute atomic E-state index is 0.0358. The molecule has 2 aromatic rings. The zero-order chi connectivity index (χ0) is 13.8. The molecule has 0 bridgehead atoms. The molecule has 0 spiro atoms. The van der Waals surface area contributed by atoms with Crippen molar-refractivity contribution in [1.29, 1.82) is 0 Å². The van der Waals surface area contributed by atoms with Crippen LogP contribution in [-0.4, -0.2) is 9.19 Å². The maximum atomic E-state index is 12.5. The van der Waals surface area contributed by atoms with Gasteiger partial charge in [0.05, 0.1) is 10.9 Å². The number of nitrogens with zero attached hydrogens (tertiary/aromatic N) is 1. The lowest BCUT2D eigenvalue weighted by Crippen LogP contribution is -2.08. The Hall–Kier alpha value is -1.42. The highest BCUT2D eigenvalue weighted by molar-refractivity contribution is 7.84. The maximum Gasteiger partial charge on any atom is 0.207 e. The number of benzene rings is 1. The average molecular weight is 277 g/mol. The summed E-state index contributed by atoms with van der Waals surface area (Å²) in [7, 11) is -1.01. The minimum Gasteiger partial charge on any atom is -0.445 e. The van der Waals surface area contributed by atoms with Crippen LogP contribution in [0.3, 0.4) is 0 Å². The number of aryl methyl sites for hydroxylation is 2. The van der Waals surface area contributed by atoms with Gasteiger partial charge in [0.2, 0.25) is 5.89 Å². The molecule has 2 atom stereocenters. The third kappa shape index (κ3) is 3.32. The van der Waals surface area contributed by atoms with Crippen LogP contribution in [0.1, 0.15) is 41.5 Å². The van der Waals surface area contributed by atoms with E-state index >= 15 is 0 Å². The zero-order valence-electron chi connectivity index (χ0n) is 11.6. The van der Waals surface area contributed by atoms with Crippen molar-refractivity contribution >= 4 is 10.8 Å². The van der Waals surface area contributed by atoms with Gasteiger partial charge in [-0.1, -0.05) is 37.3 Å². The van der Waals surface area contributed by atoms with Crippen LogP contribution in [0.15, 0.2) is 34.7 Å². The minimum atomic E-state index is -1.01. The van der Waals surface area contributed by atoms with Crippen molar-refractivity contribution in [3.63, 3.8) is 0 Å². The van der Waals surface area contributed by atoms with E-state index in [-0.39, 0.29) is 5.25 Å². The van der Waals surface area contributed by atoms with Gasteiger partial charge in [-0.15, -0.1) is 0 Å². The quantitative estimate of drug-likeness (QED) is 0.837. The first-order valence-electron chi connectivity index (χ1n) is 6.46. The van der Waals surface area contributed by atoms with Crippen LogP contribution < -0.4 is 0 Å². The number of aromatic nitrogens is 1. The molecule has 1 aromatic heterocycles. The molecule has 19 heavy (non-hydrogen) atoms. The standard InChI is InChI=1S/C15H19NO2S/c1-4-14(13-8-6-5-7-9-13)19(17)10-15-16-11(2)12(3)18-15/h5-9,14H,4,10H2,1-3H3. The van der Waals surface area contributed by atoms with Crippen molar-refractivity contribution in [2.75, 3.05) is 0 Å². The molecule has 0 aliphatic carbocycles. The van der Waals surface area contributed by atoms with Gasteiger partial charge in [-0.3, -0.25) is 4.21 Å². The van der Waals surface area contributed by atoms with E-state index in [4.69, 9.17) is 4.42 Å². The van der Waals surface area contributed by atoms with E-state index in [0.717, 1.165) is 23.4 Å². The fourth-order valence-corrected chi connectivity index (χ4v) is 3.46. The van der Waals surface area contributed by atoms with Crippen molar-refractivity contribution in [2.45, 2.75) is 38.2 Å². The van der Waals surface area contributed by atoms with Crippen LogP contribution in [0.25, 0.3) is 0 Å². The normalized spacial score (nSPS) is 14.3. The molecule has 0 aliphatic heterocycles. The fraction of sp³-hybridized carbons (Fsp3) is 0.400. The van der Waals surface area contributed by atoms with E-state index in [1.807, 2.05) is 44.2 Å².